The molecular formula is C15H23Br2NO2S. The Morgan fingerprint density at radius 2 is 1.76 bits per heavy atom. The highest BCUT2D eigenvalue weighted by atomic mass is 79.9. The van der Waals surface area contributed by atoms with Crippen molar-refractivity contribution in [1.82, 2.24) is 4.72 Å². The molecule has 6 heteroatoms. The molecule has 0 aliphatic heterocycles. The topological polar surface area (TPSA) is 46.2 Å². The summed E-state index contributed by atoms with van der Waals surface area (Å²) in [5.41, 5.74) is 0. The lowest BCUT2D eigenvalue weighted by Gasteiger charge is -2.09. The van der Waals surface area contributed by atoms with E-state index in [2.05, 4.69) is 50.4 Å². The van der Waals surface area contributed by atoms with E-state index in [1.165, 1.54) is 19.3 Å². The van der Waals surface area contributed by atoms with Crippen molar-refractivity contribution in [3.05, 3.63) is 27.1 Å². The number of hydrogen-bond donors (Lipinski definition) is 1. The molecule has 0 bridgehead atoms. The summed E-state index contributed by atoms with van der Waals surface area (Å²) < 4.78 is 28.4. The van der Waals surface area contributed by atoms with Gasteiger partial charge < -0.3 is 0 Å². The van der Waals surface area contributed by atoms with Crippen LogP contribution in [0, 0.1) is 5.92 Å². The monoisotopic (exact) mass is 439 g/mol. The molecule has 0 saturated carbocycles. The van der Waals surface area contributed by atoms with Crippen LogP contribution in [0.1, 0.15) is 46.0 Å². The first-order valence-corrected chi connectivity index (χ1v) is 10.3. The molecule has 0 spiro atoms. The fourth-order valence-corrected chi connectivity index (χ4v) is 4.57. The van der Waals surface area contributed by atoms with Crippen LogP contribution in [-0.4, -0.2) is 15.0 Å². The summed E-state index contributed by atoms with van der Waals surface area (Å²) in [6.07, 6.45) is 5.58. The van der Waals surface area contributed by atoms with Crippen molar-refractivity contribution < 1.29 is 8.42 Å². The van der Waals surface area contributed by atoms with Crippen LogP contribution in [0.15, 0.2) is 32.0 Å². The first-order chi connectivity index (χ1) is 9.83. The maximum atomic E-state index is 12.2. The summed E-state index contributed by atoms with van der Waals surface area (Å²) in [7, 11) is -3.45. The minimum absolute atomic E-state index is 0.275. The Kier molecular flexibility index (Phi) is 8.46. The van der Waals surface area contributed by atoms with Gasteiger partial charge in [0, 0.05) is 15.5 Å². The fourth-order valence-electron chi connectivity index (χ4n) is 2.00. The molecule has 0 heterocycles. The van der Waals surface area contributed by atoms with Gasteiger partial charge in [0.25, 0.3) is 0 Å². The van der Waals surface area contributed by atoms with Gasteiger partial charge in [-0.25, -0.2) is 13.1 Å². The summed E-state index contributed by atoms with van der Waals surface area (Å²) in [6.45, 7) is 4.94. The number of hydrogen-bond acceptors (Lipinski definition) is 2. The number of benzene rings is 1. The lowest BCUT2D eigenvalue weighted by Crippen LogP contribution is -2.25. The van der Waals surface area contributed by atoms with E-state index in [1.807, 2.05) is 0 Å². The third kappa shape index (κ3) is 7.26. The molecule has 1 aromatic rings. The number of nitrogens with one attached hydrogen (secondary N) is 1. The minimum Gasteiger partial charge on any atom is -0.211 e. The van der Waals surface area contributed by atoms with Crippen LogP contribution in [0.3, 0.4) is 0 Å². The quantitative estimate of drug-likeness (QED) is 0.543. The summed E-state index contributed by atoms with van der Waals surface area (Å²) in [6, 6.07) is 5.14. The fraction of sp³-hybridized carbons (Fsp3) is 0.600. The average Bonchev–Trinajstić information content (AvgIpc) is 2.40. The first-order valence-electron chi connectivity index (χ1n) is 7.27. The normalized spacial score (nSPS) is 12.0. The van der Waals surface area contributed by atoms with Crippen LogP contribution < -0.4 is 4.72 Å². The Hall–Kier alpha value is 0.0900. The van der Waals surface area contributed by atoms with Gasteiger partial charge in [-0.15, -0.1) is 0 Å². The minimum atomic E-state index is -3.45. The smallest absolute Gasteiger partial charge is 0.211 e. The van der Waals surface area contributed by atoms with Gasteiger partial charge in [-0.3, -0.25) is 0 Å². The van der Waals surface area contributed by atoms with Gasteiger partial charge in [0.05, 0.1) is 4.90 Å². The van der Waals surface area contributed by atoms with E-state index < -0.39 is 10.0 Å². The molecule has 0 aliphatic carbocycles. The molecular weight excluding hydrogens is 418 g/mol. The van der Waals surface area contributed by atoms with Gasteiger partial charge in [-0.2, -0.15) is 0 Å². The van der Waals surface area contributed by atoms with Gasteiger partial charge in [0.2, 0.25) is 10.0 Å². The molecule has 1 N–H and O–H groups in total. The number of unbranched alkanes of at least 4 members (excludes halogenated alkanes) is 3. The Labute approximate surface area is 145 Å². The number of rotatable bonds is 9. The molecule has 0 atom stereocenters. The van der Waals surface area contributed by atoms with E-state index in [4.69, 9.17) is 0 Å². The highest BCUT2D eigenvalue weighted by Crippen LogP contribution is 2.25. The van der Waals surface area contributed by atoms with Crippen molar-refractivity contribution >= 4 is 41.9 Å². The molecule has 120 valence electrons. The predicted molar refractivity (Wildman–Crippen MR) is 95.0 cm³/mol. The predicted octanol–water partition coefficient (Wildman–Crippen LogP) is 5.10. The highest BCUT2D eigenvalue weighted by Gasteiger charge is 2.17. The third-order valence-corrected chi connectivity index (χ3v) is 6.13. The summed E-state index contributed by atoms with van der Waals surface area (Å²) in [5, 5.41) is 0. The highest BCUT2D eigenvalue weighted by molar-refractivity contribution is 9.11. The van der Waals surface area contributed by atoms with Gasteiger partial charge >= 0.3 is 0 Å². The zero-order chi connectivity index (χ0) is 15.9. The maximum absolute atomic E-state index is 12.2. The Bertz CT molecular complexity index is 545. The molecule has 0 radical (unpaired) electrons. The van der Waals surface area contributed by atoms with E-state index >= 15 is 0 Å². The van der Waals surface area contributed by atoms with Gasteiger partial charge in [-0.1, -0.05) is 55.5 Å². The average molecular weight is 441 g/mol. The molecule has 0 fully saturated rings. The molecule has 1 aromatic carbocycles. The van der Waals surface area contributed by atoms with Crippen LogP contribution in [0.4, 0.5) is 0 Å². The van der Waals surface area contributed by atoms with Crippen LogP contribution in [0.2, 0.25) is 0 Å². The van der Waals surface area contributed by atoms with Crippen LogP contribution in [0.25, 0.3) is 0 Å². The van der Waals surface area contributed by atoms with Crippen molar-refractivity contribution in [3.8, 4) is 0 Å². The molecule has 0 unspecified atom stereocenters. The first kappa shape index (κ1) is 19.1. The van der Waals surface area contributed by atoms with Crippen LogP contribution in [0.5, 0.6) is 0 Å². The van der Waals surface area contributed by atoms with Crippen LogP contribution >= 0.6 is 31.9 Å². The van der Waals surface area contributed by atoms with E-state index in [1.54, 1.807) is 18.2 Å². The second-order valence-electron chi connectivity index (χ2n) is 5.57. The van der Waals surface area contributed by atoms with Crippen molar-refractivity contribution in [2.75, 3.05) is 6.54 Å². The van der Waals surface area contributed by atoms with Crippen molar-refractivity contribution in [1.29, 1.82) is 0 Å². The van der Waals surface area contributed by atoms with Crippen molar-refractivity contribution in [2.24, 2.45) is 5.92 Å². The zero-order valence-electron chi connectivity index (χ0n) is 12.5. The Balaban J connectivity index is 2.38. The lowest BCUT2D eigenvalue weighted by atomic mass is 10.0. The third-order valence-electron chi connectivity index (χ3n) is 3.18. The molecule has 0 aliphatic rings. The standard InChI is InChI=1S/C15H23Br2NO2S/c1-12(2)7-5-3-4-6-10-18-21(19,20)15-11-13(16)8-9-14(15)17/h8-9,11-12,18H,3-7,10H2,1-2H3. The molecule has 3 nitrogen and oxygen atoms in total. The zero-order valence-corrected chi connectivity index (χ0v) is 16.5. The molecule has 0 saturated heterocycles. The SMILES string of the molecule is CC(C)CCCCCCNS(=O)(=O)c1cc(Br)ccc1Br. The van der Waals surface area contributed by atoms with Crippen molar-refractivity contribution in [2.45, 2.75) is 50.8 Å². The molecule has 0 aromatic heterocycles. The second kappa shape index (κ2) is 9.28. The Morgan fingerprint density at radius 1 is 1.10 bits per heavy atom. The van der Waals surface area contributed by atoms with Crippen LogP contribution in [-0.2, 0) is 10.0 Å². The van der Waals surface area contributed by atoms with E-state index in [9.17, 15) is 8.42 Å². The summed E-state index contributed by atoms with van der Waals surface area (Å²) in [4.78, 5) is 0.275. The van der Waals surface area contributed by atoms with Crippen molar-refractivity contribution in [3.63, 3.8) is 0 Å². The molecule has 0 amide bonds. The second-order valence-corrected chi connectivity index (χ2v) is 9.07. The van der Waals surface area contributed by atoms with E-state index in [0.29, 0.717) is 11.0 Å². The van der Waals surface area contributed by atoms with Gasteiger partial charge in [0.1, 0.15) is 0 Å². The number of sulfonamides is 1. The van der Waals surface area contributed by atoms with Gasteiger partial charge in [0.15, 0.2) is 0 Å². The Morgan fingerprint density at radius 3 is 2.43 bits per heavy atom. The summed E-state index contributed by atoms with van der Waals surface area (Å²) in [5.74, 6) is 0.748. The lowest BCUT2D eigenvalue weighted by molar-refractivity contribution is 0.517. The van der Waals surface area contributed by atoms with E-state index in [-0.39, 0.29) is 4.90 Å². The molecule has 1 rings (SSSR count). The molecule has 21 heavy (non-hydrogen) atoms. The largest absolute Gasteiger partial charge is 0.241 e. The maximum Gasteiger partial charge on any atom is 0.241 e. The summed E-state index contributed by atoms with van der Waals surface area (Å²) >= 11 is 6.58. The van der Waals surface area contributed by atoms with E-state index in [0.717, 1.165) is 23.2 Å². The van der Waals surface area contributed by atoms with Gasteiger partial charge in [-0.05, 0) is 46.5 Å². The number of halogens is 2.